The summed E-state index contributed by atoms with van der Waals surface area (Å²) < 4.78 is 27.7. The van der Waals surface area contributed by atoms with Crippen molar-refractivity contribution in [2.75, 3.05) is 0 Å². The highest BCUT2D eigenvalue weighted by Gasteiger charge is 2.41. The Labute approximate surface area is 158 Å². The third-order valence-electron chi connectivity index (χ3n) is 5.63. The Hall–Kier alpha value is -3.10. The van der Waals surface area contributed by atoms with Crippen molar-refractivity contribution in [3.05, 3.63) is 58.4 Å². The second kappa shape index (κ2) is 6.22. The lowest BCUT2D eigenvalue weighted by atomic mass is 10.1. The van der Waals surface area contributed by atoms with E-state index in [0.717, 1.165) is 19.0 Å². The number of benzene rings is 1. The van der Waals surface area contributed by atoms with Crippen LogP contribution in [0.3, 0.4) is 0 Å². The first-order valence-electron chi connectivity index (χ1n) is 9.17. The zero-order valence-corrected chi connectivity index (χ0v) is 14.8. The number of hydrogen-bond donors (Lipinski definition) is 0. The van der Waals surface area contributed by atoms with Crippen LogP contribution in [0.4, 0.5) is 8.78 Å². The monoisotopic (exact) mass is 385 g/mol. The molecule has 144 valence electrons. The molecule has 0 spiro atoms. The van der Waals surface area contributed by atoms with Gasteiger partial charge in [-0.05, 0) is 31.0 Å². The summed E-state index contributed by atoms with van der Waals surface area (Å²) in [6.07, 6.45) is 3.10. The maximum atomic E-state index is 13.0. The van der Waals surface area contributed by atoms with Crippen LogP contribution in [-0.4, -0.2) is 42.2 Å². The largest absolute Gasteiger partial charge is 0.333 e. The predicted octanol–water partition coefficient (Wildman–Crippen LogP) is 2.22. The first-order valence-corrected chi connectivity index (χ1v) is 9.17. The lowest BCUT2D eigenvalue weighted by molar-refractivity contribution is 0.0541. The molecule has 1 amide bonds. The average Bonchev–Trinajstić information content (AvgIpc) is 3.27. The average molecular weight is 385 g/mol. The number of carbonyl (C=O) groups is 1. The van der Waals surface area contributed by atoms with Crippen LogP contribution >= 0.6 is 0 Å². The van der Waals surface area contributed by atoms with Crippen molar-refractivity contribution >= 4 is 16.8 Å². The second-order valence-electron chi connectivity index (χ2n) is 7.22. The van der Waals surface area contributed by atoms with E-state index >= 15 is 0 Å². The number of hydrogen-bond acceptors (Lipinski definition) is 4. The van der Waals surface area contributed by atoms with Crippen molar-refractivity contribution in [2.45, 2.75) is 44.4 Å². The lowest BCUT2D eigenvalue weighted by Crippen LogP contribution is -2.42. The molecule has 2 aliphatic heterocycles. The summed E-state index contributed by atoms with van der Waals surface area (Å²) in [5.41, 5.74) is 0.529. The minimum atomic E-state index is -2.79. The Morgan fingerprint density at radius 3 is 2.71 bits per heavy atom. The van der Waals surface area contributed by atoms with Crippen LogP contribution in [0.15, 0.2) is 41.3 Å². The van der Waals surface area contributed by atoms with E-state index in [0.29, 0.717) is 34.4 Å². The molecule has 1 aromatic carbocycles. The minimum absolute atomic E-state index is 0.00590. The zero-order chi connectivity index (χ0) is 19.4. The fourth-order valence-corrected chi connectivity index (χ4v) is 4.35. The van der Waals surface area contributed by atoms with Gasteiger partial charge in [-0.2, -0.15) is 13.9 Å². The number of amides is 1. The van der Waals surface area contributed by atoms with Gasteiger partial charge in [0.2, 0.25) is 0 Å². The third-order valence-corrected chi connectivity index (χ3v) is 5.63. The molecule has 2 aromatic heterocycles. The molecule has 2 aliphatic rings. The van der Waals surface area contributed by atoms with Gasteiger partial charge in [0.1, 0.15) is 5.82 Å². The molecule has 0 radical (unpaired) electrons. The number of carbonyl (C=O) groups excluding carboxylic acids is 1. The Morgan fingerprint density at radius 2 is 1.93 bits per heavy atom. The molecule has 3 aromatic rings. The summed E-state index contributed by atoms with van der Waals surface area (Å²) >= 11 is 0. The van der Waals surface area contributed by atoms with Gasteiger partial charge < -0.3 is 4.90 Å². The Balaban J connectivity index is 1.53. The number of rotatable bonds is 2. The van der Waals surface area contributed by atoms with Gasteiger partial charge in [-0.3, -0.25) is 14.2 Å². The van der Waals surface area contributed by atoms with E-state index in [4.69, 9.17) is 0 Å². The van der Waals surface area contributed by atoms with E-state index in [2.05, 4.69) is 10.1 Å². The van der Waals surface area contributed by atoms with Crippen LogP contribution in [0.1, 0.15) is 35.7 Å². The van der Waals surface area contributed by atoms with Gasteiger partial charge in [0.25, 0.3) is 11.5 Å². The Morgan fingerprint density at radius 1 is 1.14 bits per heavy atom. The standard InChI is InChI=1S/C19H17F2N5O2/c20-19(21)25-8-7-15(23-25)18(28)26-11-5-6-12(26)10-24-16(9-11)22-14-4-2-1-3-13(14)17(24)27/h1-4,7-8,11-12,19H,5-6,9-10H2/t11-,12-/m1/s1. The van der Waals surface area contributed by atoms with E-state index < -0.39 is 6.55 Å². The van der Waals surface area contributed by atoms with Gasteiger partial charge in [0.05, 0.1) is 16.9 Å². The van der Waals surface area contributed by atoms with E-state index in [1.807, 2.05) is 6.07 Å². The van der Waals surface area contributed by atoms with Gasteiger partial charge in [-0.1, -0.05) is 12.1 Å². The molecule has 0 unspecified atom stereocenters. The van der Waals surface area contributed by atoms with Crippen LogP contribution in [0.25, 0.3) is 10.9 Å². The van der Waals surface area contributed by atoms with Crippen LogP contribution in [-0.2, 0) is 13.0 Å². The molecule has 0 saturated carbocycles. The minimum Gasteiger partial charge on any atom is -0.329 e. The first kappa shape index (κ1) is 17.0. The molecule has 2 atom stereocenters. The van der Waals surface area contributed by atoms with Crippen molar-refractivity contribution in [1.82, 2.24) is 24.2 Å². The van der Waals surface area contributed by atoms with E-state index in [1.165, 1.54) is 6.07 Å². The highest BCUT2D eigenvalue weighted by molar-refractivity contribution is 5.93. The van der Waals surface area contributed by atoms with Crippen molar-refractivity contribution in [3.63, 3.8) is 0 Å². The normalized spacial score (nSPS) is 21.2. The fourth-order valence-electron chi connectivity index (χ4n) is 4.35. The van der Waals surface area contributed by atoms with Crippen molar-refractivity contribution in [1.29, 1.82) is 0 Å². The van der Waals surface area contributed by atoms with Crippen LogP contribution in [0.5, 0.6) is 0 Å². The molecule has 4 heterocycles. The molecule has 7 nitrogen and oxygen atoms in total. The number of aromatic nitrogens is 4. The van der Waals surface area contributed by atoms with Gasteiger partial charge in [-0.25, -0.2) is 9.67 Å². The fraction of sp³-hybridized carbons (Fsp3) is 0.368. The summed E-state index contributed by atoms with van der Waals surface area (Å²) in [6, 6.07) is 8.19. The number of halogens is 2. The van der Waals surface area contributed by atoms with Crippen LogP contribution in [0.2, 0.25) is 0 Å². The summed E-state index contributed by atoms with van der Waals surface area (Å²) in [5, 5.41) is 4.27. The third kappa shape index (κ3) is 2.53. The van der Waals surface area contributed by atoms with Crippen molar-refractivity contribution < 1.29 is 13.6 Å². The molecule has 2 bridgehead atoms. The molecular formula is C19H17F2N5O2. The second-order valence-corrected chi connectivity index (χ2v) is 7.22. The maximum Gasteiger partial charge on any atom is 0.333 e. The maximum absolute atomic E-state index is 13.0. The lowest BCUT2D eigenvalue weighted by Gasteiger charge is -2.27. The van der Waals surface area contributed by atoms with E-state index in [9.17, 15) is 18.4 Å². The summed E-state index contributed by atoms with van der Waals surface area (Å²) in [4.78, 5) is 32.3. The summed E-state index contributed by atoms with van der Waals surface area (Å²) in [7, 11) is 0. The van der Waals surface area contributed by atoms with Crippen LogP contribution < -0.4 is 5.56 Å². The Kier molecular flexibility index (Phi) is 3.78. The van der Waals surface area contributed by atoms with Gasteiger partial charge in [0.15, 0.2) is 5.69 Å². The zero-order valence-electron chi connectivity index (χ0n) is 14.8. The molecular weight excluding hydrogens is 368 g/mol. The number of alkyl halides is 2. The highest BCUT2D eigenvalue weighted by Crippen LogP contribution is 2.32. The topological polar surface area (TPSA) is 73.0 Å². The number of fused-ring (bicyclic) bond motifs is 4. The highest BCUT2D eigenvalue weighted by atomic mass is 19.3. The van der Waals surface area contributed by atoms with Crippen molar-refractivity contribution in [3.8, 4) is 0 Å². The molecule has 28 heavy (non-hydrogen) atoms. The molecule has 0 N–H and O–H groups in total. The van der Waals surface area contributed by atoms with Gasteiger partial charge in [-0.15, -0.1) is 0 Å². The quantitative estimate of drug-likeness (QED) is 0.678. The van der Waals surface area contributed by atoms with E-state index in [-0.39, 0.29) is 29.2 Å². The first-order chi connectivity index (χ1) is 13.5. The van der Waals surface area contributed by atoms with Gasteiger partial charge in [0, 0.05) is 25.2 Å². The summed E-state index contributed by atoms with van der Waals surface area (Å²) in [5.74, 6) is 0.282. The molecule has 0 aliphatic carbocycles. The molecule has 1 fully saturated rings. The van der Waals surface area contributed by atoms with Crippen LogP contribution in [0, 0.1) is 0 Å². The number of para-hydroxylation sites is 1. The smallest absolute Gasteiger partial charge is 0.329 e. The summed E-state index contributed by atoms with van der Waals surface area (Å²) in [6.45, 7) is -2.44. The van der Waals surface area contributed by atoms with E-state index in [1.54, 1.807) is 27.7 Å². The number of nitrogens with zero attached hydrogens (tertiary/aromatic N) is 5. The molecule has 5 rings (SSSR count). The predicted molar refractivity (Wildman–Crippen MR) is 96.2 cm³/mol. The molecule has 9 heteroatoms. The van der Waals surface area contributed by atoms with Gasteiger partial charge >= 0.3 is 6.55 Å². The SMILES string of the molecule is O=C(c1ccn(C(F)F)n1)N1[C@@H]2CC[C@@H]1Cn1c(nc3ccccc3c1=O)C2. The van der Waals surface area contributed by atoms with Crippen molar-refractivity contribution in [2.24, 2.45) is 0 Å². The molecule has 1 saturated heterocycles. The Bertz CT molecular complexity index is 1140.